The summed E-state index contributed by atoms with van der Waals surface area (Å²) in [4.78, 5) is 84.9. The fourth-order valence-corrected chi connectivity index (χ4v) is 12.5. The third-order valence-corrected chi connectivity index (χ3v) is 16.5. The van der Waals surface area contributed by atoms with Gasteiger partial charge >= 0.3 is 6.18 Å². The van der Waals surface area contributed by atoms with Gasteiger partial charge in [0.1, 0.15) is 29.1 Å². The number of benzene rings is 1. The molecule has 0 spiro atoms. The van der Waals surface area contributed by atoms with Crippen molar-refractivity contribution in [2.75, 3.05) is 31.6 Å². The molecule has 1 aromatic carbocycles. The average Bonchev–Trinajstić information content (AvgIpc) is 3.96. The van der Waals surface area contributed by atoms with E-state index in [0.29, 0.717) is 89.6 Å². The highest BCUT2D eigenvalue weighted by Gasteiger charge is 2.49. The second kappa shape index (κ2) is 24.4. The number of pyridine rings is 1. The molecule has 21 heteroatoms. The van der Waals surface area contributed by atoms with Crippen LogP contribution in [-0.2, 0) is 34.8 Å². The molecular weight excluding hydrogens is 984 g/mol. The molecule has 0 unspecified atom stereocenters. The Kier molecular flexibility index (Phi) is 17.7. The molecule has 4 aliphatic carbocycles. The number of nitroso groups, excluding NO2 is 1. The highest BCUT2D eigenvalue weighted by Crippen LogP contribution is 2.44. The number of amides is 4. The van der Waals surface area contributed by atoms with Crippen molar-refractivity contribution in [3.8, 4) is 0 Å². The molecular formula is C55H77F3N11O7+. The quantitative estimate of drug-likeness (QED) is 0.0447. The topological polar surface area (TPSA) is 212 Å². The van der Waals surface area contributed by atoms with Crippen molar-refractivity contribution in [1.82, 2.24) is 46.1 Å². The van der Waals surface area contributed by atoms with E-state index in [1.165, 1.54) is 12.4 Å². The molecule has 414 valence electrons. The van der Waals surface area contributed by atoms with E-state index >= 15 is 0 Å². The molecule has 9 rings (SSSR count). The van der Waals surface area contributed by atoms with Crippen molar-refractivity contribution in [2.24, 2.45) is 5.92 Å². The maximum atomic E-state index is 14.1. The first-order chi connectivity index (χ1) is 36.5. The summed E-state index contributed by atoms with van der Waals surface area (Å²) in [5.74, 6) is -0.598. The van der Waals surface area contributed by atoms with Crippen molar-refractivity contribution in [2.45, 2.75) is 209 Å². The summed E-state index contributed by atoms with van der Waals surface area (Å²) in [5.41, 5.74) is 3.52. The maximum Gasteiger partial charge on any atom is 0.416 e. The van der Waals surface area contributed by atoms with Crippen LogP contribution in [0.3, 0.4) is 0 Å². The van der Waals surface area contributed by atoms with E-state index in [-0.39, 0.29) is 101 Å². The van der Waals surface area contributed by atoms with Gasteiger partial charge in [0.15, 0.2) is 0 Å². The highest BCUT2D eigenvalue weighted by atomic mass is 19.4. The summed E-state index contributed by atoms with van der Waals surface area (Å²) in [7, 11) is 0. The minimum atomic E-state index is -4.55. The molecule has 76 heavy (non-hydrogen) atoms. The Morgan fingerprint density at radius 3 is 2.29 bits per heavy atom. The van der Waals surface area contributed by atoms with Gasteiger partial charge in [0.05, 0.1) is 52.8 Å². The molecule has 6 aliphatic rings. The molecule has 5 N–H and O–H groups in total. The van der Waals surface area contributed by atoms with Gasteiger partial charge in [-0.3, -0.25) is 24.2 Å². The van der Waals surface area contributed by atoms with E-state index in [2.05, 4.69) is 62.4 Å². The monoisotopic (exact) mass is 1060 g/mol. The normalized spacial score (nSPS) is 28.6. The highest BCUT2D eigenvalue weighted by molar-refractivity contribution is 5.93. The van der Waals surface area contributed by atoms with Crippen molar-refractivity contribution < 1.29 is 46.7 Å². The molecule has 4 saturated carbocycles. The second-order valence-electron chi connectivity index (χ2n) is 23.0. The second-order valence-corrected chi connectivity index (χ2v) is 23.0. The van der Waals surface area contributed by atoms with Crippen molar-refractivity contribution in [3.05, 3.63) is 65.1 Å². The van der Waals surface area contributed by atoms with E-state index in [1.807, 2.05) is 21.9 Å². The SMILES string of the molecule is CC(C)(C)N[C@@H]1CC[C@H](N2CC[C@H](Nc3ncnc4ccc(C(F)(F)F)cc34)C2=O)[C@H](N[N+](=O)C2CCC(NC(=O)CCCOC3CCC(OCCNC(=O)[C@H]4CC(=O)N(C5CCC5)[C@@H]4c4cccnc4)CC3)CC2)C1. The van der Waals surface area contributed by atoms with Crippen LogP contribution in [0.1, 0.15) is 154 Å². The first-order valence-corrected chi connectivity index (χ1v) is 27.9. The summed E-state index contributed by atoms with van der Waals surface area (Å²) >= 11 is 0. The summed E-state index contributed by atoms with van der Waals surface area (Å²) in [6.45, 7) is 7.98. The number of likely N-dealkylation sites (tertiary alicyclic amines) is 2. The van der Waals surface area contributed by atoms with Gasteiger partial charge in [0.2, 0.25) is 29.7 Å². The number of rotatable bonds is 20. The third-order valence-electron chi connectivity index (χ3n) is 16.5. The minimum absolute atomic E-state index is 0.0267. The van der Waals surface area contributed by atoms with Crippen LogP contribution in [0, 0.1) is 10.8 Å². The number of alkyl halides is 3. The standard InChI is InChI=1S/C55H76F3N11O7/c1-54(2,3)65-37-14-22-47(67-26-23-45(53(67)73)64-51-42-29-35(55(56,57)58)11-21-44(42)61-33-62-51)46(30-37)66-69(74)39-15-12-36(13-16-39)63-48(70)10-6-27-75-40-17-19-41(20-18-40)76-28-25-60-52(72)43-31-49(71)68(38-8-4-9-38)50(43)34-7-5-24-59-32-34/h5,7,11,21,24,29,32-33,36-41,43,45-47,50,65H,4,6,8-10,12-20,22-23,25-28,30-31H2,1-3H3,(H3-,60,61,62,63,64,66,70,72,74)/p+1/t36?,37-,39?,40?,41?,43+,45+,46-,47+,50-/m1/s1. The van der Waals surface area contributed by atoms with Gasteiger partial charge in [-0.1, -0.05) is 6.07 Å². The van der Waals surface area contributed by atoms with Crippen molar-refractivity contribution in [3.63, 3.8) is 0 Å². The first kappa shape index (κ1) is 55.2. The summed E-state index contributed by atoms with van der Waals surface area (Å²) in [5, 5.41) is 13.2. The molecule has 3 aromatic rings. The predicted octanol–water partition coefficient (Wildman–Crippen LogP) is 6.83. The van der Waals surface area contributed by atoms with Crippen molar-refractivity contribution >= 4 is 40.3 Å². The molecule has 6 fully saturated rings. The van der Waals surface area contributed by atoms with Crippen LogP contribution in [0.25, 0.3) is 10.9 Å². The number of nitrogens with zero attached hydrogens (tertiary/aromatic N) is 6. The average molecular weight is 1060 g/mol. The van der Waals surface area contributed by atoms with E-state index in [0.717, 1.165) is 73.9 Å². The number of halogens is 3. The van der Waals surface area contributed by atoms with E-state index < -0.39 is 23.7 Å². The molecule has 2 aliphatic heterocycles. The number of aromatic nitrogens is 3. The Morgan fingerprint density at radius 1 is 0.868 bits per heavy atom. The maximum absolute atomic E-state index is 14.1. The lowest BCUT2D eigenvalue weighted by molar-refractivity contribution is -0.650. The van der Waals surface area contributed by atoms with Gasteiger partial charge in [-0.15, -0.1) is 5.43 Å². The van der Waals surface area contributed by atoms with Crippen LogP contribution >= 0.6 is 0 Å². The summed E-state index contributed by atoms with van der Waals surface area (Å²) in [6, 6.07) is 5.43. The van der Waals surface area contributed by atoms with Gasteiger partial charge in [-0.2, -0.15) is 13.2 Å². The van der Waals surface area contributed by atoms with Gasteiger partial charge in [0.25, 0.3) is 0 Å². The predicted molar refractivity (Wildman–Crippen MR) is 277 cm³/mol. The zero-order valence-corrected chi connectivity index (χ0v) is 44.2. The number of fused-ring (bicyclic) bond motifs is 1. The molecule has 6 atom stereocenters. The van der Waals surface area contributed by atoms with Crippen LogP contribution < -0.4 is 26.7 Å². The number of anilines is 1. The molecule has 0 radical (unpaired) electrons. The number of hydrogen-bond acceptors (Lipinski definition) is 12. The lowest BCUT2D eigenvalue weighted by Gasteiger charge is -2.41. The zero-order chi connectivity index (χ0) is 53.6. The van der Waals surface area contributed by atoms with Gasteiger partial charge in [-0.05, 0) is 140 Å². The third kappa shape index (κ3) is 13.8. The lowest BCUT2D eigenvalue weighted by atomic mass is 9.84. The number of hydrogen-bond donors (Lipinski definition) is 5. The van der Waals surface area contributed by atoms with Crippen LogP contribution in [0.5, 0.6) is 0 Å². The van der Waals surface area contributed by atoms with Gasteiger partial charge in [-0.25, -0.2) is 9.97 Å². The fourth-order valence-electron chi connectivity index (χ4n) is 12.5. The van der Waals surface area contributed by atoms with Gasteiger partial charge in [0, 0.05) is 86.8 Å². The molecule has 18 nitrogen and oxygen atoms in total. The molecule has 4 heterocycles. The number of hydrazine groups is 1. The summed E-state index contributed by atoms with van der Waals surface area (Å²) in [6.07, 6.45) is 13.0. The Labute approximate surface area is 443 Å². The largest absolute Gasteiger partial charge is 0.416 e. The van der Waals surface area contributed by atoms with E-state index in [4.69, 9.17) is 9.47 Å². The fraction of sp³-hybridized carbons (Fsp3) is 0.691. The Bertz CT molecular complexity index is 2500. The molecule has 4 amide bonds. The molecule has 0 bridgehead atoms. The minimum Gasteiger partial charge on any atom is -0.378 e. The number of ether oxygens (including phenoxy) is 2. The van der Waals surface area contributed by atoms with Crippen LogP contribution in [-0.4, -0.2) is 140 Å². The smallest absolute Gasteiger partial charge is 0.378 e. The Morgan fingerprint density at radius 2 is 1.61 bits per heavy atom. The number of nitrogens with one attached hydrogen (secondary N) is 5. The van der Waals surface area contributed by atoms with Crippen molar-refractivity contribution in [1.29, 1.82) is 0 Å². The number of carbonyl (C=O) groups excluding carboxylic acids is 4. The zero-order valence-electron chi connectivity index (χ0n) is 44.2. The first-order valence-electron chi connectivity index (χ1n) is 27.9. The lowest BCUT2D eigenvalue weighted by Crippen LogP contribution is -2.61. The molecule has 2 aromatic heterocycles. The Balaban J connectivity index is 0.662. The molecule has 2 saturated heterocycles. The van der Waals surface area contributed by atoms with E-state index in [9.17, 15) is 37.3 Å². The van der Waals surface area contributed by atoms with Gasteiger partial charge < -0.3 is 40.5 Å². The van der Waals surface area contributed by atoms with Crippen LogP contribution in [0.15, 0.2) is 49.1 Å². The van der Waals surface area contributed by atoms with E-state index in [1.54, 1.807) is 12.4 Å². The Hall–Kier alpha value is -5.54. The summed E-state index contributed by atoms with van der Waals surface area (Å²) < 4.78 is 53.2. The number of carbonyl (C=O) groups is 4. The van der Waals surface area contributed by atoms with Crippen LogP contribution in [0.2, 0.25) is 0 Å². The van der Waals surface area contributed by atoms with Crippen LogP contribution in [0.4, 0.5) is 19.0 Å².